The van der Waals surface area contributed by atoms with Gasteiger partial charge in [-0.15, -0.1) is 10.2 Å². The number of halogens is 1. The number of rotatable bonds is 8. The fourth-order valence-electron chi connectivity index (χ4n) is 3.20. The summed E-state index contributed by atoms with van der Waals surface area (Å²) in [6.45, 7) is 3.07. The normalized spacial score (nSPS) is 10.8. The molecule has 0 saturated carbocycles. The molecule has 0 aliphatic rings. The van der Waals surface area contributed by atoms with Gasteiger partial charge < -0.3 is 5.32 Å². The van der Waals surface area contributed by atoms with Gasteiger partial charge in [0, 0.05) is 12.1 Å². The first-order valence-electron chi connectivity index (χ1n) is 10.3. The third-order valence-electron chi connectivity index (χ3n) is 4.95. The fraction of sp³-hybridized carbons (Fsp3) is 0.160. The van der Waals surface area contributed by atoms with Crippen LogP contribution in [0.2, 0.25) is 0 Å². The molecule has 0 unspecified atom stereocenters. The summed E-state index contributed by atoms with van der Waals surface area (Å²) in [7, 11) is 0. The summed E-state index contributed by atoms with van der Waals surface area (Å²) in [5.41, 5.74) is 4.09. The first kappa shape index (κ1) is 21.8. The van der Waals surface area contributed by atoms with E-state index >= 15 is 0 Å². The van der Waals surface area contributed by atoms with Crippen LogP contribution >= 0.6 is 11.8 Å². The van der Waals surface area contributed by atoms with E-state index in [0.29, 0.717) is 24.1 Å². The number of carbonyl (C=O) groups excluding carboxylic acids is 1. The second-order valence-corrected chi connectivity index (χ2v) is 8.38. The number of carbonyl (C=O) groups is 1. The Hall–Kier alpha value is -3.45. The molecule has 0 saturated heterocycles. The molecule has 4 rings (SSSR count). The second-order valence-electron chi connectivity index (χ2n) is 7.44. The molecule has 1 N–H and O–H groups in total. The zero-order valence-corrected chi connectivity index (χ0v) is 18.5. The summed E-state index contributed by atoms with van der Waals surface area (Å²) in [6.07, 6.45) is 0. The van der Waals surface area contributed by atoms with Crippen LogP contribution in [-0.4, -0.2) is 26.4 Å². The monoisotopic (exact) mass is 446 g/mol. The summed E-state index contributed by atoms with van der Waals surface area (Å²) in [5, 5.41) is 12.2. The molecule has 0 aliphatic carbocycles. The number of amides is 1. The number of nitrogens with one attached hydrogen (secondary N) is 1. The van der Waals surface area contributed by atoms with Crippen molar-refractivity contribution in [1.82, 2.24) is 20.1 Å². The van der Waals surface area contributed by atoms with Gasteiger partial charge in [-0.1, -0.05) is 71.9 Å². The highest BCUT2D eigenvalue weighted by Gasteiger charge is 2.16. The highest BCUT2D eigenvalue weighted by atomic mass is 32.2. The quantitative estimate of drug-likeness (QED) is 0.393. The van der Waals surface area contributed by atoms with E-state index in [1.54, 1.807) is 12.1 Å². The van der Waals surface area contributed by atoms with E-state index in [2.05, 4.69) is 15.5 Å². The van der Waals surface area contributed by atoms with Crippen molar-refractivity contribution in [2.45, 2.75) is 25.2 Å². The topological polar surface area (TPSA) is 59.8 Å². The molecule has 0 radical (unpaired) electrons. The minimum atomic E-state index is -0.303. The highest BCUT2D eigenvalue weighted by molar-refractivity contribution is 7.99. The van der Waals surface area contributed by atoms with Crippen molar-refractivity contribution in [3.63, 3.8) is 0 Å². The van der Waals surface area contributed by atoms with Gasteiger partial charge in [0.1, 0.15) is 5.82 Å². The maximum Gasteiger partial charge on any atom is 0.230 e. The lowest BCUT2D eigenvalue weighted by Gasteiger charge is -2.11. The number of hydrogen-bond acceptors (Lipinski definition) is 4. The van der Waals surface area contributed by atoms with E-state index in [1.807, 2.05) is 66.1 Å². The molecular formula is C25H23FN4OS. The zero-order valence-electron chi connectivity index (χ0n) is 17.7. The maximum absolute atomic E-state index is 13.4. The van der Waals surface area contributed by atoms with Crippen LogP contribution in [0.25, 0.3) is 11.4 Å². The molecule has 4 aromatic rings. The van der Waals surface area contributed by atoms with Crippen LogP contribution in [0.1, 0.15) is 16.7 Å². The largest absolute Gasteiger partial charge is 0.351 e. The van der Waals surface area contributed by atoms with Gasteiger partial charge in [-0.25, -0.2) is 4.39 Å². The van der Waals surface area contributed by atoms with Gasteiger partial charge >= 0.3 is 0 Å². The lowest BCUT2D eigenvalue weighted by Crippen LogP contribution is -2.24. The smallest absolute Gasteiger partial charge is 0.230 e. The molecule has 0 aliphatic heterocycles. The molecule has 5 nitrogen and oxygen atoms in total. The van der Waals surface area contributed by atoms with Crippen LogP contribution in [0.15, 0.2) is 84.0 Å². The van der Waals surface area contributed by atoms with E-state index in [9.17, 15) is 9.18 Å². The van der Waals surface area contributed by atoms with E-state index in [1.165, 1.54) is 29.5 Å². The van der Waals surface area contributed by atoms with Crippen molar-refractivity contribution in [1.29, 1.82) is 0 Å². The van der Waals surface area contributed by atoms with E-state index in [0.717, 1.165) is 16.7 Å². The average Bonchev–Trinajstić information content (AvgIpc) is 3.21. The standard InChI is InChI=1S/C25H23FN4OS/c1-18-7-9-19(10-8-18)15-27-23(31)17-32-25-29-28-24(21-11-13-22(26)14-12-21)30(25)16-20-5-3-2-4-6-20/h2-14H,15-17H2,1H3,(H,27,31). The van der Waals surface area contributed by atoms with E-state index in [-0.39, 0.29) is 17.5 Å². The summed E-state index contributed by atoms with van der Waals surface area (Å²) in [5.74, 6) is 0.481. The first-order valence-corrected chi connectivity index (χ1v) is 11.2. The molecule has 32 heavy (non-hydrogen) atoms. The molecule has 1 heterocycles. The minimum Gasteiger partial charge on any atom is -0.351 e. The number of hydrogen-bond donors (Lipinski definition) is 1. The Morgan fingerprint density at radius 2 is 1.66 bits per heavy atom. The molecule has 162 valence electrons. The van der Waals surface area contributed by atoms with E-state index < -0.39 is 0 Å². The minimum absolute atomic E-state index is 0.0758. The lowest BCUT2D eigenvalue weighted by atomic mass is 10.1. The SMILES string of the molecule is Cc1ccc(CNC(=O)CSc2nnc(-c3ccc(F)cc3)n2Cc2ccccc2)cc1. The number of benzene rings is 3. The third-order valence-corrected chi connectivity index (χ3v) is 5.91. The van der Waals surface area contributed by atoms with Crippen molar-refractivity contribution in [2.75, 3.05) is 5.75 Å². The molecule has 0 bridgehead atoms. The highest BCUT2D eigenvalue weighted by Crippen LogP contribution is 2.25. The summed E-state index contributed by atoms with van der Waals surface area (Å²) >= 11 is 1.33. The van der Waals surface area contributed by atoms with Crippen molar-refractivity contribution in [3.05, 3.63) is 101 Å². The van der Waals surface area contributed by atoms with Crippen LogP contribution < -0.4 is 5.32 Å². The number of aromatic nitrogens is 3. The molecular weight excluding hydrogens is 423 g/mol. The Balaban J connectivity index is 1.48. The van der Waals surface area contributed by atoms with Gasteiger partial charge in [0.05, 0.1) is 12.3 Å². The van der Waals surface area contributed by atoms with Crippen LogP contribution in [0.3, 0.4) is 0 Å². The van der Waals surface area contributed by atoms with Crippen LogP contribution in [0, 0.1) is 12.7 Å². The van der Waals surface area contributed by atoms with Gasteiger partial charge in [0.25, 0.3) is 0 Å². The van der Waals surface area contributed by atoms with Crippen molar-refractivity contribution < 1.29 is 9.18 Å². The van der Waals surface area contributed by atoms with Crippen LogP contribution in [-0.2, 0) is 17.9 Å². The third kappa shape index (κ3) is 5.62. The Morgan fingerprint density at radius 1 is 0.938 bits per heavy atom. The molecule has 3 aromatic carbocycles. The first-order chi connectivity index (χ1) is 15.6. The Morgan fingerprint density at radius 3 is 2.38 bits per heavy atom. The maximum atomic E-state index is 13.4. The molecule has 0 spiro atoms. The van der Waals surface area contributed by atoms with Crippen LogP contribution in [0.4, 0.5) is 4.39 Å². The van der Waals surface area contributed by atoms with E-state index in [4.69, 9.17) is 0 Å². The summed E-state index contributed by atoms with van der Waals surface area (Å²) in [4.78, 5) is 12.4. The lowest BCUT2D eigenvalue weighted by molar-refractivity contribution is -0.118. The van der Waals surface area contributed by atoms with Gasteiger partial charge in [-0.2, -0.15) is 0 Å². The number of nitrogens with zero attached hydrogens (tertiary/aromatic N) is 3. The fourth-order valence-corrected chi connectivity index (χ4v) is 3.97. The van der Waals surface area contributed by atoms with Crippen molar-refractivity contribution >= 4 is 17.7 Å². The summed E-state index contributed by atoms with van der Waals surface area (Å²) in [6, 6.07) is 24.2. The Kier molecular flexibility index (Phi) is 6.97. The molecule has 0 atom stereocenters. The number of aryl methyl sites for hydroxylation is 1. The zero-order chi connectivity index (χ0) is 22.3. The van der Waals surface area contributed by atoms with Gasteiger partial charge in [0.15, 0.2) is 11.0 Å². The second kappa shape index (κ2) is 10.2. The Labute approximate surface area is 190 Å². The molecule has 1 aromatic heterocycles. The Bertz CT molecular complexity index is 1180. The van der Waals surface area contributed by atoms with Gasteiger partial charge in [-0.05, 0) is 42.3 Å². The molecule has 0 fully saturated rings. The predicted octanol–water partition coefficient (Wildman–Crippen LogP) is 4.85. The number of thioether (sulfide) groups is 1. The molecule has 7 heteroatoms. The predicted molar refractivity (Wildman–Crippen MR) is 125 cm³/mol. The molecule has 1 amide bonds. The van der Waals surface area contributed by atoms with Crippen molar-refractivity contribution in [2.24, 2.45) is 0 Å². The summed E-state index contributed by atoms with van der Waals surface area (Å²) < 4.78 is 15.3. The van der Waals surface area contributed by atoms with Gasteiger partial charge in [0.2, 0.25) is 5.91 Å². The van der Waals surface area contributed by atoms with Crippen LogP contribution in [0.5, 0.6) is 0 Å². The van der Waals surface area contributed by atoms with Crippen molar-refractivity contribution in [3.8, 4) is 11.4 Å². The average molecular weight is 447 g/mol. The van der Waals surface area contributed by atoms with Gasteiger partial charge in [-0.3, -0.25) is 9.36 Å².